The van der Waals surface area contributed by atoms with E-state index in [-0.39, 0.29) is 12.6 Å². The van der Waals surface area contributed by atoms with Crippen LogP contribution in [0.4, 0.5) is 0 Å². The molecule has 0 radical (unpaired) electrons. The van der Waals surface area contributed by atoms with E-state index in [1.54, 1.807) is 0 Å². The van der Waals surface area contributed by atoms with Gasteiger partial charge in [-0.25, -0.2) is 0 Å². The lowest BCUT2D eigenvalue weighted by Crippen LogP contribution is -2.05. The largest absolute Gasteiger partial charge is 0.394 e. The summed E-state index contributed by atoms with van der Waals surface area (Å²) in [6.45, 7) is -0.0918. The molecule has 0 spiro atoms. The normalized spacial score (nSPS) is 13.3. The summed E-state index contributed by atoms with van der Waals surface area (Å²) in [7, 11) is 0. The Morgan fingerprint density at radius 1 is 1.00 bits per heavy atom. The van der Waals surface area contributed by atoms with Gasteiger partial charge in [0.25, 0.3) is 0 Å². The van der Waals surface area contributed by atoms with Gasteiger partial charge < -0.3 is 5.11 Å². The summed E-state index contributed by atoms with van der Waals surface area (Å²) in [5, 5.41) is 12.2. The maximum Gasteiger partial charge on any atom is 0.132 e. The van der Waals surface area contributed by atoms with Crippen LogP contribution in [0.3, 0.4) is 0 Å². The van der Waals surface area contributed by atoms with Crippen LogP contribution in [0.2, 0.25) is 0 Å². The quantitative estimate of drug-likeness (QED) is 0.603. The average molecular weight is 389 g/mol. The number of nitrogens with zero attached hydrogens (tertiary/aromatic N) is 1. The van der Waals surface area contributed by atoms with Crippen molar-refractivity contribution in [1.82, 2.24) is 0 Å². The molecule has 0 saturated carbocycles. The van der Waals surface area contributed by atoms with Crippen LogP contribution in [-0.4, -0.2) is 16.9 Å². The van der Waals surface area contributed by atoms with Crippen molar-refractivity contribution in [2.24, 2.45) is 4.99 Å². The van der Waals surface area contributed by atoms with Crippen molar-refractivity contribution >= 4 is 43.5 Å². The van der Waals surface area contributed by atoms with Gasteiger partial charge in [-0.2, -0.15) is 0 Å². The number of rotatable bonds is 4. The molecule has 0 fully saturated rings. The van der Waals surface area contributed by atoms with E-state index in [1.807, 2.05) is 60.7 Å². The fraction of sp³-hybridized carbons (Fsp3) is 0.105. The summed E-state index contributed by atoms with van der Waals surface area (Å²) in [5.41, 5.74) is 1.75. The van der Waals surface area contributed by atoms with Crippen LogP contribution >= 0.6 is 27.5 Å². The van der Waals surface area contributed by atoms with E-state index in [1.165, 1.54) is 0 Å². The highest BCUT2D eigenvalue weighted by atomic mass is 79.9. The number of benzene rings is 3. The number of halogens is 2. The predicted molar refractivity (Wildman–Crippen MR) is 100 cm³/mol. The molecule has 0 aliphatic carbocycles. The van der Waals surface area contributed by atoms with E-state index >= 15 is 0 Å². The Morgan fingerprint density at radius 2 is 1.70 bits per heavy atom. The number of hydrogen-bond donors (Lipinski definition) is 1. The zero-order chi connectivity index (χ0) is 16.2. The third-order valence-corrected chi connectivity index (χ3v) is 4.87. The first-order chi connectivity index (χ1) is 11.2. The molecule has 0 bridgehead atoms. The zero-order valence-electron chi connectivity index (χ0n) is 12.3. The Morgan fingerprint density at radius 3 is 2.43 bits per heavy atom. The second-order valence-electron chi connectivity index (χ2n) is 5.18. The monoisotopic (exact) mass is 387 g/mol. The first kappa shape index (κ1) is 16.2. The van der Waals surface area contributed by atoms with Gasteiger partial charge in [-0.05, 0) is 32.3 Å². The number of hydrogen-bond acceptors (Lipinski definition) is 2. The molecule has 3 aromatic rings. The molecule has 4 heteroatoms. The smallest absolute Gasteiger partial charge is 0.132 e. The van der Waals surface area contributed by atoms with Gasteiger partial charge >= 0.3 is 0 Å². The third-order valence-electron chi connectivity index (χ3n) is 3.71. The van der Waals surface area contributed by atoms with E-state index in [4.69, 9.17) is 11.6 Å². The number of aliphatic imine (C=N–C) groups is 1. The van der Waals surface area contributed by atoms with Crippen LogP contribution in [0.5, 0.6) is 0 Å². The fourth-order valence-electron chi connectivity index (χ4n) is 2.50. The molecule has 0 aromatic heterocycles. The van der Waals surface area contributed by atoms with Gasteiger partial charge in [-0.1, -0.05) is 78.3 Å². The van der Waals surface area contributed by atoms with E-state index in [2.05, 4.69) is 27.0 Å². The maximum absolute atomic E-state index is 9.64. The van der Waals surface area contributed by atoms with E-state index < -0.39 is 0 Å². The lowest BCUT2D eigenvalue weighted by Gasteiger charge is -2.12. The lowest BCUT2D eigenvalue weighted by atomic mass is 10.1. The van der Waals surface area contributed by atoms with Crippen molar-refractivity contribution in [3.63, 3.8) is 0 Å². The summed E-state index contributed by atoms with van der Waals surface area (Å²) in [6.07, 6.45) is 0. The maximum atomic E-state index is 9.64. The van der Waals surface area contributed by atoms with Crippen LogP contribution in [-0.2, 0) is 0 Å². The van der Waals surface area contributed by atoms with Crippen molar-refractivity contribution in [3.05, 3.63) is 82.3 Å². The molecule has 3 rings (SSSR count). The van der Waals surface area contributed by atoms with Crippen LogP contribution in [0.25, 0.3) is 10.8 Å². The highest BCUT2D eigenvalue weighted by Crippen LogP contribution is 2.30. The highest BCUT2D eigenvalue weighted by molar-refractivity contribution is 9.10. The molecule has 2 nitrogen and oxygen atoms in total. The van der Waals surface area contributed by atoms with E-state index in [9.17, 15) is 5.11 Å². The Labute approximate surface area is 148 Å². The molecule has 1 atom stereocenters. The molecular formula is C19H15BrClNO. The first-order valence-electron chi connectivity index (χ1n) is 7.27. The molecule has 0 aliphatic heterocycles. The molecule has 0 saturated heterocycles. The lowest BCUT2D eigenvalue weighted by molar-refractivity contribution is 0.269. The van der Waals surface area contributed by atoms with Crippen LogP contribution in [0.15, 0.2) is 76.2 Å². The van der Waals surface area contributed by atoms with Crippen molar-refractivity contribution < 1.29 is 5.11 Å². The molecule has 3 aromatic carbocycles. The first-order valence-corrected chi connectivity index (χ1v) is 8.44. The van der Waals surface area contributed by atoms with Crippen molar-refractivity contribution in [1.29, 1.82) is 0 Å². The SMILES string of the molecule is OC[C@@H](N=C(Cl)c1ccc2ccccc2c1Br)c1ccccc1. The second-order valence-corrected chi connectivity index (χ2v) is 6.33. The molecule has 0 unspecified atom stereocenters. The van der Waals surface area contributed by atoms with Gasteiger partial charge in [-0.3, -0.25) is 4.99 Å². The summed E-state index contributed by atoms with van der Waals surface area (Å²) in [4.78, 5) is 4.51. The summed E-state index contributed by atoms with van der Waals surface area (Å²) >= 11 is 10.1. The van der Waals surface area contributed by atoms with Crippen molar-refractivity contribution in [2.45, 2.75) is 6.04 Å². The molecule has 0 amide bonds. The zero-order valence-corrected chi connectivity index (χ0v) is 14.6. The highest BCUT2D eigenvalue weighted by Gasteiger charge is 2.13. The Balaban J connectivity index is 2.02. The summed E-state index contributed by atoms with van der Waals surface area (Å²) < 4.78 is 0.911. The van der Waals surface area contributed by atoms with Gasteiger partial charge in [-0.15, -0.1) is 0 Å². The molecule has 116 valence electrons. The summed E-state index contributed by atoms with van der Waals surface area (Å²) in [5.74, 6) is 0. The van der Waals surface area contributed by atoms with Crippen LogP contribution < -0.4 is 0 Å². The fourth-order valence-corrected chi connectivity index (χ4v) is 3.57. The van der Waals surface area contributed by atoms with E-state index in [0.717, 1.165) is 26.4 Å². The van der Waals surface area contributed by atoms with E-state index in [0.29, 0.717) is 5.17 Å². The number of fused-ring (bicyclic) bond motifs is 1. The Kier molecular flexibility index (Phi) is 5.11. The second kappa shape index (κ2) is 7.26. The standard InChI is InChI=1S/C19H15BrClNO/c20-18-15-9-5-4-6-13(15)10-11-16(18)19(21)22-17(12-23)14-7-2-1-3-8-14/h1-11,17,23H,12H2/t17-/m1/s1. The van der Waals surface area contributed by atoms with Gasteiger partial charge in [0.05, 0.1) is 12.6 Å². The molecule has 1 N–H and O–H groups in total. The third kappa shape index (κ3) is 3.47. The topological polar surface area (TPSA) is 32.6 Å². The predicted octanol–water partition coefficient (Wildman–Crippen LogP) is 5.32. The van der Waals surface area contributed by atoms with Gasteiger partial charge in [0.15, 0.2) is 0 Å². The minimum Gasteiger partial charge on any atom is -0.394 e. The van der Waals surface area contributed by atoms with Gasteiger partial charge in [0.1, 0.15) is 5.17 Å². The average Bonchev–Trinajstić information content (AvgIpc) is 2.60. The van der Waals surface area contributed by atoms with Crippen LogP contribution in [0, 0.1) is 0 Å². The minimum absolute atomic E-state index is 0.0918. The summed E-state index contributed by atoms with van der Waals surface area (Å²) in [6, 6.07) is 21.3. The molecular weight excluding hydrogens is 374 g/mol. The molecule has 0 aliphatic rings. The van der Waals surface area contributed by atoms with Crippen molar-refractivity contribution in [3.8, 4) is 0 Å². The molecule has 23 heavy (non-hydrogen) atoms. The van der Waals surface area contributed by atoms with Crippen LogP contribution in [0.1, 0.15) is 17.2 Å². The Hall–Kier alpha value is -1.68. The minimum atomic E-state index is -0.373. The molecule has 0 heterocycles. The van der Waals surface area contributed by atoms with Gasteiger partial charge in [0.2, 0.25) is 0 Å². The number of aliphatic hydroxyl groups excluding tert-OH is 1. The van der Waals surface area contributed by atoms with Crippen molar-refractivity contribution in [2.75, 3.05) is 6.61 Å². The number of aliphatic hydroxyl groups is 1. The Bertz CT molecular complexity index is 848. The van der Waals surface area contributed by atoms with Gasteiger partial charge in [0, 0.05) is 10.0 Å².